The molecule has 0 spiro atoms. The number of rotatable bonds is 5. The Hall–Kier alpha value is -3.31. The molecule has 2 aromatic heterocycles. The summed E-state index contributed by atoms with van der Waals surface area (Å²) in [5, 5.41) is 4.75. The van der Waals surface area contributed by atoms with E-state index in [0.717, 1.165) is 48.3 Å². The van der Waals surface area contributed by atoms with Gasteiger partial charge in [0.05, 0.1) is 5.52 Å². The van der Waals surface area contributed by atoms with Gasteiger partial charge >= 0.3 is 0 Å². The lowest BCUT2D eigenvalue weighted by Crippen LogP contribution is -2.26. The highest BCUT2D eigenvalue weighted by Crippen LogP contribution is 2.26. The number of benzene rings is 2. The molecule has 0 bridgehead atoms. The summed E-state index contributed by atoms with van der Waals surface area (Å²) >= 11 is 0. The minimum atomic E-state index is 0.374. The number of hydrogen-bond donors (Lipinski definition) is 1. The number of para-hydroxylation sites is 1. The smallest absolute Gasteiger partial charge is 0.163 e. The first kappa shape index (κ1) is 17.8. The van der Waals surface area contributed by atoms with Crippen molar-refractivity contribution in [1.29, 1.82) is 0 Å². The van der Waals surface area contributed by atoms with Gasteiger partial charge in [0.15, 0.2) is 5.82 Å². The molecule has 0 amide bonds. The van der Waals surface area contributed by atoms with Crippen molar-refractivity contribution in [3.05, 3.63) is 84.7 Å². The van der Waals surface area contributed by atoms with E-state index in [1.807, 2.05) is 36.5 Å². The van der Waals surface area contributed by atoms with Gasteiger partial charge in [-0.2, -0.15) is 0 Å². The molecule has 0 radical (unpaired) electrons. The van der Waals surface area contributed by atoms with E-state index in [-0.39, 0.29) is 0 Å². The molecule has 144 valence electrons. The molecule has 1 atom stereocenters. The lowest BCUT2D eigenvalue weighted by Gasteiger charge is -2.18. The maximum absolute atomic E-state index is 4.86. The number of nitrogens with zero attached hydrogens (tertiary/aromatic N) is 4. The van der Waals surface area contributed by atoms with Gasteiger partial charge in [0.2, 0.25) is 0 Å². The van der Waals surface area contributed by atoms with Crippen LogP contribution in [0.15, 0.2) is 79.1 Å². The Morgan fingerprint density at radius 1 is 0.931 bits per heavy atom. The van der Waals surface area contributed by atoms with Crippen LogP contribution in [0.1, 0.15) is 12.0 Å². The first-order valence-corrected chi connectivity index (χ1v) is 10.1. The maximum atomic E-state index is 4.86. The summed E-state index contributed by atoms with van der Waals surface area (Å²) in [6.07, 6.45) is 4.68. The van der Waals surface area contributed by atoms with Gasteiger partial charge in [-0.15, -0.1) is 0 Å². The quantitative estimate of drug-likeness (QED) is 0.556. The number of nitrogens with one attached hydrogen (secondary N) is 1. The average Bonchev–Trinajstić information content (AvgIpc) is 3.21. The van der Waals surface area contributed by atoms with Crippen molar-refractivity contribution in [2.75, 3.05) is 18.4 Å². The van der Waals surface area contributed by atoms with Crippen LogP contribution in [0.2, 0.25) is 0 Å². The third kappa shape index (κ3) is 3.96. The zero-order valence-corrected chi connectivity index (χ0v) is 16.2. The van der Waals surface area contributed by atoms with E-state index in [4.69, 9.17) is 9.97 Å². The van der Waals surface area contributed by atoms with E-state index >= 15 is 0 Å². The number of likely N-dealkylation sites (tertiary alicyclic amines) is 1. The van der Waals surface area contributed by atoms with Crippen LogP contribution in [-0.2, 0) is 6.54 Å². The van der Waals surface area contributed by atoms with E-state index < -0.39 is 0 Å². The maximum Gasteiger partial charge on any atom is 0.163 e. The highest BCUT2D eigenvalue weighted by molar-refractivity contribution is 5.90. The molecule has 2 aromatic carbocycles. The Morgan fingerprint density at radius 2 is 1.79 bits per heavy atom. The van der Waals surface area contributed by atoms with E-state index in [1.54, 1.807) is 6.20 Å². The SMILES string of the molecule is c1ccc(CN2CC[C@@H](Nc3nc(-c4cccnc4)nc4ccccc34)C2)cc1. The Kier molecular flexibility index (Phi) is 4.88. The molecule has 1 aliphatic heterocycles. The molecular formula is C24H23N5. The third-order valence-electron chi connectivity index (χ3n) is 5.39. The second-order valence-corrected chi connectivity index (χ2v) is 7.51. The van der Waals surface area contributed by atoms with Crippen LogP contribution in [0, 0.1) is 0 Å². The van der Waals surface area contributed by atoms with E-state index in [0.29, 0.717) is 11.9 Å². The van der Waals surface area contributed by atoms with E-state index in [2.05, 4.69) is 51.6 Å². The molecule has 1 N–H and O–H groups in total. The van der Waals surface area contributed by atoms with E-state index in [1.165, 1.54) is 5.56 Å². The first-order chi connectivity index (χ1) is 14.3. The van der Waals surface area contributed by atoms with Gasteiger partial charge in [0.25, 0.3) is 0 Å². The molecule has 29 heavy (non-hydrogen) atoms. The van der Waals surface area contributed by atoms with Crippen molar-refractivity contribution in [1.82, 2.24) is 19.9 Å². The normalized spacial score (nSPS) is 16.9. The van der Waals surface area contributed by atoms with Crippen LogP contribution in [0.25, 0.3) is 22.3 Å². The third-order valence-corrected chi connectivity index (χ3v) is 5.39. The topological polar surface area (TPSA) is 53.9 Å². The fourth-order valence-corrected chi connectivity index (χ4v) is 3.94. The highest BCUT2D eigenvalue weighted by Gasteiger charge is 2.23. The zero-order valence-electron chi connectivity index (χ0n) is 16.2. The molecule has 1 saturated heterocycles. The molecule has 4 aromatic rings. The van der Waals surface area contributed by atoms with Gasteiger partial charge in [-0.25, -0.2) is 9.97 Å². The Labute approximate surface area is 170 Å². The summed E-state index contributed by atoms with van der Waals surface area (Å²) in [7, 11) is 0. The average molecular weight is 381 g/mol. The fourth-order valence-electron chi connectivity index (χ4n) is 3.94. The minimum absolute atomic E-state index is 0.374. The zero-order chi connectivity index (χ0) is 19.5. The molecule has 3 heterocycles. The van der Waals surface area contributed by atoms with Crippen LogP contribution < -0.4 is 5.32 Å². The van der Waals surface area contributed by atoms with Crippen LogP contribution >= 0.6 is 0 Å². The number of anilines is 1. The Morgan fingerprint density at radius 3 is 2.66 bits per heavy atom. The molecule has 5 heteroatoms. The predicted molar refractivity (Wildman–Crippen MR) is 117 cm³/mol. The van der Waals surface area contributed by atoms with Gasteiger partial charge in [0, 0.05) is 49.0 Å². The van der Waals surface area contributed by atoms with Crippen LogP contribution in [0.5, 0.6) is 0 Å². The van der Waals surface area contributed by atoms with Gasteiger partial charge in [-0.3, -0.25) is 9.88 Å². The molecular weight excluding hydrogens is 358 g/mol. The molecule has 0 unspecified atom stereocenters. The van der Waals surface area contributed by atoms with Crippen molar-refractivity contribution in [3.63, 3.8) is 0 Å². The second-order valence-electron chi connectivity index (χ2n) is 7.51. The fraction of sp³-hybridized carbons (Fsp3) is 0.208. The highest BCUT2D eigenvalue weighted by atomic mass is 15.2. The van der Waals surface area contributed by atoms with Crippen LogP contribution in [-0.4, -0.2) is 39.0 Å². The summed E-state index contributed by atoms with van der Waals surface area (Å²) in [6.45, 7) is 3.09. The summed E-state index contributed by atoms with van der Waals surface area (Å²) < 4.78 is 0. The van der Waals surface area contributed by atoms with E-state index in [9.17, 15) is 0 Å². The van der Waals surface area contributed by atoms with Crippen molar-refractivity contribution < 1.29 is 0 Å². The standard InChI is InChI=1S/C24H23N5/c1-2-7-18(8-3-1)16-29-14-12-20(17-29)26-24-21-10-4-5-11-22(21)27-23(28-24)19-9-6-13-25-15-19/h1-11,13,15,20H,12,14,16-17H2,(H,26,27,28)/t20-/m1/s1. The summed E-state index contributed by atoms with van der Waals surface area (Å²) in [6, 6.07) is 23.1. The van der Waals surface area contributed by atoms with Gasteiger partial charge in [0.1, 0.15) is 5.82 Å². The predicted octanol–water partition coefficient (Wildman–Crippen LogP) is 4.38. The second kappa shape index (κ2) is 7.97. The summed E-state index contributed by atoms with van der Waals surface area (Å²) in [5.41, 5.74) is 3.24. The molecule has 1 fully saturated rings. The van der Waals surface area contributed by atoms with Crippen LogP contribution in [0.3, 0.4) is 0 Å². The van der Waals surface area contributed by atoms with Crippen molar-refractivity contribution >= 4 is 16.7 Å². The summed E-state index contributed by atoms with van der Waals surface area (Å²) in [5.74, 6) is 1.61. The molecule has 0 aliphatic carbocycles. The summed E-state index contributed by atoms with van der Waals surface area (Å²) in [4.78, 5) is 16.3. The largest absolute Gasteiger partial charge is 0.365 e. The van der Waals surface area contributed by atoms with Crippen molar-refractivity contribution in [2.45, 2.75) is 19.0 Å². The van der Waals surface area contributed by atoms with Crippen LogP contribution in [0.4, 0.5) is 5.82 Å². The molecule has 5 nitrogen and oxygen atoms in total. The lowest BCUT2D eigenvalue weighted by molar-refractivity contribution is 0.328. The lowest BCUT2D eigenvalue weighted by atomic mass is 10.2. The molecule has 1 aliphatic rings. The van der Waals surface area contributed by atoms with Gasteiger partial charge in [-0.05, 0) is 36.2 Å². The molecule has 5 rings (SSSR count). The van der Waals surface area contributed by atoms with Gasteiger partial charge in [-0.1, -0.05) is 42.5 Å². The first-order valence-electron chi connectivity index (χ1n) is 10.1. The Bertz CT molecular complexity index is 1100. The van der Waals surface area contributed by atoms with Crippen molar-refractivity contribution in [3.8, 4) is 11.4 Å². The molecule has 0 saturated carbocycles. The van der Waals surface area contributed by atoms with Crippen molar-refractivity contribution in [2.24, 2.45) is 0 Å². The Balaban J connectivity index is 1.39. The monoisotopic (exact) mass is 381 g/mol. The number of hydrogen-bond acceptors (Lipinski definition) is 5. The number of pyridine rings is 1. The number of fused-ring (bicyclic) bond motifs is 1. The number of aromatic nitrogens is 3. The minimum Gasteiger partial charge on any atom is -0.365 e. The van der Waals surface area contributed by atoms with Gasteiger partial charge < -0.3 is 5.32 Å².